The van der Waals surface area contributed by atoms with Gasteiger partial charge in [0.25, 0.3) is 10.0 Å². The number of sulfonamides is 1. The third-order valence-electron chi connectivity index (χ3n) is 3.54. The summed E-state index contributed by atoms with van der Waals surface area (Å²) in [5.41, 5.74) is 1.06. The third kappa shape index (κ3) is 4.45. The summed E-state index contributed by atoms with van der Waals surface area (Å²) >= 11 is 3.22. The van der Waals surface area contributed by atoms with Crippen molar-refractivity contribution in [3.05, 3.63) is 17.0 Å². The van der Waals surface area contributed by atoms with Crippen LogP contribution in [-0.4, -0.2) is 43.4 Å². The number of nitrogens with zero attached hydrogens (tertiary/aromatic N) is 1. The molecule has 0 amide bonds. The molecule has 0 spiro atoms. The van der Waals surface area contributed by atoms with Crippen LogP contribution in [0.4, 0.5) is 0 Å². The van der Waals surface area contributed by atoms with Crippen LogP contribution < -0.4 is 5.32 Å². The van der Waals surface area contributed by atoms with E-state index in [-0.39, 0.29) is 0 Å². The van der Waals surface area contributed by atoms with Crippen LogP contribution in [0.3, 0.4) is 0 Å². The van der Waals surface area contributed by atoms with Crippen molar-refractivity contribution in [1.29, 1.82) is 0 Å². The van der Waals surface area contributed by atoms with Crippen LogP contribution in [0.1, 0.15) is 32.3 Å². The smallest absolute Gasteiger partial charge is 0.252 e. The van der Waals surface area contributed by atoms with Gasteiger partial charge in [0.2, 0.25) is 0 Å². The Labute approximate surface area is 136 Å². The van der Waals surface area contributed by atoms with Crippen LogP contribution in [0.2, 0.25) is 0 Å². The van der Waals surface area contributed by atoms with E-state index in [4.69, 9.17) is 0 Å². The zero-order valence-electron chi connectivity index (χ0n) is 12.7. The number of hydrogen-bond donors (Lipinski definition) is 1. The highest BCUT2D eigenvalue weighted by Crippen LogP contribution is 2.29. The summed E-state index contributed by atoms with van der Waals surface area (Å²) in [7, 11) is -3.30. The molecule has 0 aromatic carbocycles. The second kappa shape index (κ2) is 7.97. The van der Waals surface area contributed by atoms with Gasteiger partial charge in [0.1, 0.15) is 4.21 Å². The second-order valence-electron chi connectivity index (χ2n) is 5.21. The normalized spacial score (nSPS) is 20.8. The van der Waals surface area contributed by atoms with E-state index in [2.05, 4.69) is 19.2 Å². The van der Waals surface area contributed by atoms with E-state index in [1.807, 2.05) is 23.2 Å². The van der Waals surface area contributed by atoms with Gasteiger partial charge in [-0.3, -0.25) is 0 Å². The van der Waals surface area contributed by atoms with E-state index in [0.29, 0.717) is 22.5 Å². The van der Waals surface area contributed by atoms with Crippen molar-refractivity contribution in [1.82, 2.24) is 9.62 Å². The summed E-state index contributed by atoms with van der Waals surface area (Å²) in [6, 6.07) is 1.82. The van der Waals surface area contributed by atoms with E-state index >= 15 is 0 Å². The van der Waals surface area contributed by atoms with Gasteiger partial charge in [0.05, 0.1) is 0 Å². The van der Waals surface area contributed by atoms with Crippen LogP contribution in [0, 0.1) is 0 Å². The lowest BCUT2D eigenvalue weighted by atomic mass is 10.3. The van der Waals surface area contributed by atoms with Crippen LogP contribution in [0.5, 0.6) is 0 Å². The summed E-state index contributed by atoms with van der Waals surface area (Å²) in [6.07, 6.45) is 2.10. The number of hydrogen-bond acceptors (Lipinski definition) is 5. The molecule has 1 saturated heterocycles. The number of rotatable bonds is 7. The van der Waals surface area contributed by atoms with Crippen molar-refractivity contribution in [2.75, 3.05) is 25.4 Å². The van der Waals surface area contributed by atoms with Crippen molar-refractivity contribution in [3.63, 3.8) is 0 Å². The average molecular weight is 349 g/mol. The van der Waals surface area contributed by atoms with E-state index < -0.39 is 10.0 Å². The van der Waals surface area contributed by atoms with Crippen molar-refractivity contribution >= 4 is 33.1 Å². The Morgan fingerprint density at radius 1 is 1.43 bits per heavy atom. The summed E-state index contributed by atoms with van der Waals surface area (Å²) in [5.74, 6) is 0.897. The first kappa shape index (κ1) is 17.3. The van der Waals surface area contributed by atoms with E-state index in [0.717, 1.165) is 37.2 Å². The van der Waals surface area contributed by atoms with Gasteiger partial charge in [-0.25, -0.2) is 8.42 Å². The Morgan fingerprint density at radius 2 is 2.24 bits per heavy atom. The first-order valence-corrected chi connectivity index (χ1v) is 10.8. The second-order valence-corrected chi connectivity index (χ2v) is 9.70. The molecule has 1 aromatic heterocycles. The first-order chi connectivity index (χ1) is 10.1. The zero-order chi connectivity index (χ0) is 15.3. The highest BCUT2D eigenvalue weighted by Gasteiger charge is 2.30. The maximum Gasteiger partial charge on any atom is 0.252 e. The molecular weight excluding hydrogens is 324 g/mol. The molecule has 1 fully saturated rings. The minimum Gasteiger partial charge on any atom is -0.313 e. The molecule has 1 unspecified atom stereocenters. The van der Waals surface area contributed by atoms with Crippen LogP contribution >= 0.6 is 23.1 Å². The predicted molar refractivity (Wildman–Crippen MR) is 91.6 cm³/mol. The third-order valence-corrected chi connectivity index (χ3v) is 8.24. The molecule has 0 bridgehead atoms. The fourth-order valence-corrected chi connectivity index (χ4v) is 6.51. The van der Waals surface area contributed by atoms with Gasteiger partial charge in [0.15, 0.2) is 0 Å². The molecule has 1 N–H and O–H groups in total. The maximum absolute atomic E-state index is 12.7. The van der Waals surface area contributed by atoms with Crippen molar-refractivity contribution < 1.29 is 8.42 Å². The van der Waals surface area contributed by atoms with Gasteiger partial charge in [-0.05, 0) is 36.4 Å². The van der Waals surface area contributed by atoms with Crippen molar-refractivity contribution in [2.24, 2.45) is 0 Å². The zero-order valence-corrected chi connectivity index (χ0v) is 15.1. The molecule has 21 heavy (non-hydrogen) atoms. The highest BCUT2D eigenvalue weighted by atomic mass is 32.2. The van der Waals surface area contributed by atoms with E-state index in [9.17, 15) is 8.42 Å². The fourth-order valence-electron chi connectivity index (χ4n) is 2.28. The van der Waals surface area contributed by atoms with Gasteiger partial charge in [-0.1, -0.05) is 13.8 Å². The Morgan fingerprint density at radius 3 is 2.95 bits per heavy atom. The molecule has 120 valence electrons. The standard InChI is InChI=1S/C14H24N2O2S3/c1-3-5-15-9-12-8-14(20-11-12)21(17,18)16-6-7-19-13(4-2)10-16/h8,11,13,15H,3-7,9-10H2,1-2H3. The Kier molecular flexibility index (Phi) is 6.55. The van der Waals surface area contributed by atoms with Gasteiger partial charge in [0, 0.05) is 30.6 Å². The number of thioether (sulfide) groups is 1. The fraction of sp³-hybridized carbons (Fsp3) is 0.714. The quantitative estimate of drug-likeness (QED) is 0.770. The summed E-state index contributed by atoms with van der Waals surface area (Å²) < 4.78 is 27.5. The van der Waals surface area contributed by atoms with Gasteiger partial charge in [-0.2, -0.15) is 16.1 Å². The van der Waals surface area contributed by atoms with Crippen molar-refractivity contribution in [2.45, 2.75) is 42.7 Å². The SMILES string of the molecule is CCCNCc1csc(S(=O)(=O)N2CCSC(CC)C2)c1. The van der Waals surface area contributed by atoms with Gasteiger partial charge >= 0.3 is 0 Å². The molecule has 1 aliphatic rings. The highest BCUT2D eigenvalue weighted by molar-refractivity contribution is 8.00. The van der Waals surface area contributed by atoms with Crippen LogP contribution in [-0.2, 0) is 16.6 Å². The summed E-state index contributed by atoms with van der Waals surface area (Å²) in [6.45, 7) is 7.22. The molecule has 0 saturated carbocycles. The Bertz CT molecular complexity index is 542. The van der Waals surface area contributed by atoms with Crippen LogP contribution in [0.15, 0.2) is 15.7 Å². The molecule has 0 aliphatic carbocycles. The summed E-state index contributed by atoms with van der Waals surface area (Å²) in [5, 5.41) is 5.69. The topological polar surface area (TPSA) is 49.4 Å². The van der Waals surface area contributed by atoms with Gasteiger partial charge < -0.3 is 5.32 Å². The maximum atomic E-state index is 12.7. The average Bonchev–Trinajstić information content (AvgIpc) is 2.97. The number of thiophene rings is 1. The monoisotopic (exact) mass is 348 g/mol. The largest absolute Gasteiger partial charge is 0.313 e. The molecule has 7 heteroatoms. The van der Waals surface area contributed by atoms with Crippen molar-refractivity contribution in [3.8, 4) is 0 Å². The molecule has 2 rings (SSSR count). The molecular formula is C14H24N2O2S3. The molecule has 2 heterocycles. The lowest BCUT2D eigenvalue weighted by Gasteiger charge is -2.30. The minimum atomic E-state index is -3.30. The number of nitrogens with one attached hydrogen (secondary N) is 1. The predicted octanol–water partition coefficient (Wildman–Crippen LogP) is 2.76. The molecule has 1 atom stereocenters. The molecule has 4 nitrogen and oxygen atoms in total. The van der Waals surface area contributed by atoms with E-state index in [1.54, 1.807) is 4.31 Å². The lowest BCUT2D eigenvalue weighted by Crippen LogP contribution is -2.41. The van der Waals surface area contributed by atoms with Crippen LogP contribution in [0.25, 0.3) is 0 Å². The first-order valence-electron chi connectivity index (χ1n) is 7.47. The summed E-state index contributed by atoms with van der Waals surface area (Å²) in [4.78, 5) is 0. The van der Waals surface area contributed by atoms with Gasteiger partial charge in [-0.15, -0.1) is 11.3 Å². The Balaban J connectivity index is 2.05. The molecule has 1 aromatic rings. The Hall–Kier alpha value is -0.0800. The van der Waals surface area contributed by atoms with E-state index in [1.165, 1.54) is 11.3 Å². The molecule has 1 aliphatic heterocycles. The minimum absolute atomic E-state index is 0.430. The molecule has 0 radical (unpaired) electrons. The lowest BCUT2D eigenvalue weighted by molar-refractivity contribution is 0.417.